The highest BCUT2D eigenvalue weighted by Gasteiger charge is 2.26. The monoisotopic (exact) mass is 460 g/mol. The van der Waals surface area contributed by atoms with E-state index in [-0.39, 0.29) is 35.7 Å². The van der Waals surface area contributed by atoms with Gasteiger partial charge in [-0.1, -0.05) is 11.3 Å². The average Bonchev–Trinajstić information content (AvgIpc) is 3.32. The summed E-state index contributed by atoms with van der Waals surface area (Å²) in [5.41, 5.74) is 0.355. The molecule has 0 fully saturated rings. The summed E-state index contributed by atoms with van der Waals surface area (Å²) in [5, 5.41) is 5.97. The van der Waals surface area contributed by atoms with E-state index >= 15 is 0 Å². The maximum absolute atomic E-state index is 13.0. The predicted octanol–water partition coefficient (Wildman–Crippen LogP) is 0.00500. The summed E-state index contributed by atoms with van der Waals surface area (Å²) in [6.07, 6.45) is 1.98. The van der Waals surface area contributed by atoms with Crippen molar-refractivity contribution in [2.45, 2.75) is 39.4 Å². The highest BCUT2D eigenvalue weighted by Crippen LogP contribution is 2.28. The number of thiazole rings is 1. The van der Waals surface area contributed by atoms with Gasteiger partial charge in [0.2, 0.25) is 5.91 Å². The number of rotatable bonds is 4. The van der Waals surface area contributed by atoms with Gasteiger partial charge in [-0.2, -0.15) is 0 Å². The quantitative estimate of drug-likeness (QED) is 0.563. The number of carbonyl (C=O) groups excluding carboxylic acids is 2. The van der Waals surface area contributed by atoms with Crippen LogP contribution >= 0.6 is 11.3 Å². The number of anilines is 1. The van der Waals surface area contributed by atoms with Gasteiger partial charge < -0.3 is 14.8 Å². The van der Waals surface area contributed by atoms with E-state index in [1.165, 1.54) is 40.9 Å². The molecule has 4 heterocycles. The number of hydrogen-bond donors (Lipinski definition) is 2. The third-order valence-corrected chi connectivity index (χ3v) is 6.24. The van der Waals surface area contributed by atoms with Gasteiger partial charge in [-0.05, 0) is 13.8 Å². The van der Waals surface area contributed by atoms with E-state index < -0.39 is 11.2 Å². The van der Waals surface area contributed by atoms with E-state index in [4.69, 9.17) is 0 Å². The third kappa shape index (κ3) is 3.90. The molecule has 2 N–H and O–H groups in total. The van der Waals surface area contributed by atoms with Crippen LogP contribution in [0.15, 0.2) is 15.9 Å². The van der Waals surface area contributed by atoms with Crippen molar-refractivity contribution >= 4 is 39.6 Å². The molecule has 32 heavy (non-hydrogen) atoms. The molecule has 0 spiro atoms. The molecule has 0 saturated carbocycles. The molecule has 12 nitrogen and oxygen atoms in total. The number of imidazole rings is 1. The first-order valence-corrected chi connectivity index (χ1v) is 10.9. The lowest BCUT2D eigenvalue weighted by Gasteiger charge is -2.26. The lowest BCUT2D eigenvalue weighted by Crippen LogP contribution is -2.39. The van der Waals surface area contributed by atoms with Crippen LogP contribution in [0.3, 0.4) is 0 Å². The molecule has 1 aliphatic heterocycles. The van der Waals surface area contributed by atoms with Crippen molar-refractivity contribution < 1.29 is 9.59 Å². The van der Waals surface area contributed by atoms with Crippen LogP contribution in [0.2, 0.25) is 0 Å². The van der Waals surface area contributed by atoms with Crippen LogP contribution in [-0.2, 0) is 38.4 Å². The first-order valence-electron chi connectivity index (χ1n) is 10.1. The topological polar surface area (TPSA) is 136 Å². The molecular formula is C19H24N8O4S. The van der Waals surface area contributed by atoms with Crippen molar-refractivity contribution in [2.24, 2.45) is 14.1 Å². The van der Waals surface area contributed by atoms with Gasteiger partial charge >= 0.3 is 11.7 Å². The van der Waals surface area contributed by atoms with Gasteiger partial charge in [0.25, 0.3) is 5.56 Å². The van der Waals surface area contributed by atoms with Crippen LogP contribution in [0.5, 0.6) is 0 Å². The Bertz CT molecular complexity index is 1330. The van der Waals surface area contributed by atoms with Crippen molar-refractivity contribution in [1.82, 2.24) is 33.9 Å². The molecule has 3 aromatic heterocycles. The Labute approximate surface area is 186 Å². The zero-order chi connectivity index (χ0) is 23.2. The second-order valence-electron chi connectivity index (χ2n) is 7.96. The molecule has 0 radical (unpaired) electrons. The summed E-state index contributed by atoms with van der Waals surface area (Å²) in [6.45, 7) is 4.53. The van der Waals surface area contributed by atoms with Gasteiger partial charge in [-0.3, -0.25) is 24.0 Å². The zero-order valence-corrected chi connectivity index (χ0v) is 19.0. The Morgan fingerprint density at radius 3 is 2.69 bits per heavy atom. The minimum atomic E-state index is -0.493. The number of hydrogen-bond acceptors (Lipinski definition) is 7. The number of nitrogens with one attached hydrogen (secondary N) is 2. The fraction of sp³-hybridized carbons (Fsp3) is 0.474. The first-order chi connectivity index (χ1) is 15.2. The van der Waals surface area contributed by atoms with Crippen molar-refractivity contribution in [2.75, 3.05) is 11.9 Å². The largest absolute Gasteiger partial charge is 0.336 e. The molecule has 170 valence electrons. The average molecular weight is 461 g/mol. The van der Waals surface area contributed by atoms with E-state index in [2.05, 4.69) is 20.6 Å². The lowest BCUT2D eigenvalue weighted by molar-refractivity contribution is -0.132. The Balaban J connectivity index is 1.50. The maximum Gasteiger partial charge on any atom is 0.332 e. The normalized spacial score (nSPS) is 13.5. The van der Waals surface area contributed by atoms with Gasteiger partial charge in [0, 0.05) is 38.0 Å². The van der Waals surface area contributed by atoms with Crippen LogP contribution in [0.1, 0.15) is 24.4 Å². The van der Waals surface area contributed by atoms with Gasteiger partial charge in [0.15, 0.2) is 16.3 Å². The highest BCUT2D eigenvalue weighted by atomic mass is 32.1. The number of nitrogens with zero attached hydrogens (tertiary/aromatic N) is 6. The third-order valence-electron chi connectivity index (χ3n) is 5.25. The van der Waals surface area contributed by atoms with E-state index in [1.807, 2.05) is 13.8 Å². The van der Waals surface area contributed by atoms with Crippen LogP contribution < -0.4 is 21.9 Å². The molecule has 0 aromatic carbocycles. The van der Waals surface area contributed by atoms with Crippen LogP contribution in [-0.4, -0.2) is 53.1 Å². The summed E-state index contributed by atoms with van der Waals surface area (Å²) in [7, 11) is 2.93. The molecule has 0 atom stereocenters. The summed E-state index contributed by atoms with van der Waals surface area (Å²) in [5.74, 6) is -0.175. The van der Waals surface area contributed by atoms with Crippen LogP contribution in [0.4, 0.5) is 9.93 Å². The Kier molecular flexibility index (Phi) is 5.59. The van der Waals surface area contributed by atoms with Crippen molar-refractivity contribution in [3.8, 4) is 0 Å². The van der Waals surface area contributed by atoms with E-state index in [0.29, 0.717) is 24.6 Å². The maximum atomic E-state index is 13.0. The Morgan fingerprint density at radius 1 is 1.22 bits per heavy atom. The molecular weight excluding hydrogens is 436 g/mol. The molecule has 13 heteroatoms. The van der Waals surface area contributed by atoms with Gasteiger partial charge in [-0.25, -0.2) is 19.6 Å². The van der Waals surface area contributed by atoms with Crippen molar-refractivity contribution in [1.29, 1.82) is 0 Å². The van der Waals surface area contributed by atoms with E-state index in [1.54, 1.807) is 4.90 Å². The fourth-order valence-corrected chi connectivity index (χ4v) is 4.64. The second-order valence-corrected chi connectivity index (χ2v) is 9.04. The number of aryl methyl sites for hydroxylation is 1. The highest BCUT2D eigenvalue weighted by molar-refractivity contribution is 7.15. The fourth-order valence-electron chi connectivity index (χ4n) is 3.62. The SMILES string of the molecule is CC(C)NC(=O)Nc1nc2c(s1)CN(C(=O)Cn1cnc3c1c(=O)n(C)c(=O)n3C)CC2. The minimum Gasteiger partial charge on any atom is -0.336 e. The lowest BCUT2D eigenvalue weighted by atomic mass is 10.2. The summed E-state index contributed by atoms with van der Waals surface area (Å²) in [6, 6.07) is -0.307. The first kappa shape index (κ1) is 21.7. The molecule has 1 aliphatic rings. The number of amides is 3. The van der Waals surface area contributed by atoms with Crippen LogP contribution in [0, 0.1) is 0 Å². The number of aromatic nitrogens is 5. The molecule has 4 rings (SSSR count). The molecule has 0 saturated heterocycles. The summed E-state index contributed by atoms with van der Waals surface area (Å²) >= 11 is 1.34. The summed E-state index contributed by atoms with van der Waals surface area (Å²) in [4.78, 5) is 60.8. The Morgan fingerprint density at radius 2 is 1.97 bits per heavy atom. The number of urea groups is 1. The Hall–Kier alpha value is -3.48. The van der Waals surface area contributed by atoms with E-state index in [9.17, 15) is 19.2 Å². The molecule has 0 unspecified atom stereocenters. The zero-order valence-electron chi connectivity index (χ0n) is 18.2. The van der Waals surface area contributed by atoms with Gasteiger partial charge in [0.1, 0.15) is 6.54 Å². The minimum absolute atomic E-state index is 0.0104. The summed E-state index contributed by atoms with van der Waals surface area (Å²) < 4.78 is 3.76. The number of carbonyl (C=O) groups is 2. The molecule has 0 bridgehead atoms. The number of fused-ring (bicyclic) bond motifs is 2. The standard InChI is InChI=1S/C19H24N8O4S/c1-10(2)21-17(30)23-18-22-11-5-6-26(7-12(11)32-18)13(28)8-27-9-20-15-14(27)16(29)25(4)19(31)24(15)3/h9-10H,5-8H2,1-4H3,(H2,21,22,23,30). The molecule has 0 aliphatic carbocycles. The van der Waals surface area contributed by atoms with Crippen molar-refractivity contribution in [3.63, 3.8) is 0 Å². The predicted molar refractivity (Wildman–Crippen MR) is 119 cm³/mol. The van der Waals surface area contributed by atoms with E-state index in [0.717, 1.165) is 15.1 Å². The second kappa shape index (κ2) is 8.22. The van der Waals surface area contributed by atoms with Gasteiger partial charge in [-0.15, -0.1) is 0 Å². The van der Waals surface area contributed by atoms with Crippen LogP contribution in [0.25, 0.3) is 11.2 Å². The smallest absolute Gasteiger partial charge is 0.332 e. The molecule has 3 aromatic rings. The van der Waals surface area contributed by atoms with Crippen molar-refractivity contribution in [3.05, 3.63) is 37.7 Å². The van der Waals surface area contributed by atoms with Gasteiger partial charge in [0.05, 0.1) is 18.6 Å². The molecule has 3 amide bonds.